The molecule has 1 aliphatic heterocycles. The van der Waals surface area contributed by atoms with Crippen LogP contribution in [-0.4, -0.2) is 34.8 Å². The molecule has 2 aromatic rings. The first-order valence-corrected chi connectivity index (χ1v) is 8.86. The van der Waals surface area contributed by atoms with E-state index in [-0.39, 0.29) is 22.9 Å². The van der Waals surface area contributed by atoms with Crippen molar-refractivity contribution in [3.63, 3.8) is 0 Å². The van der Waals surface area contributed by atoms with Crippen LogP contribution in [0.3, 0.4) is 0 Å². The number of aromatic nitrogens is 1. The van der Waals surface area contributed by atoms with Gasteiger partial charge in [0.2, 0.25) is 5.43 Å². The van der Waals surface area contributed by atoms with Gasteiger partial charge in [0.1, 0.15) is 11.4 Å². The molecule has 6 nitrogen and oxygen atoms in total. The normalized spacial score (nSPS) is 20.6. The third kappa shape index (κ3) is 2.86. The summed E-state index contributed by atoms with van der Waals surface area (Å²) in [6, 6.07) is 1.28. The summed E-state index contributed by atoms with van der Waals surface area (Å²) < 4.78 is 16.7. The molecule has 1 aromatic carbocycles. The van der Waals surface area contributed by atoms with Crippen LogP contribution in [0.5, 0.6) is 0 Å². The van der Waals surface area contributed by atoms with Gasteiger partial charge in [-0.3, -0.25) is 4.79 Å². The van der Waals surface area contributed by atoms with E-state index in [4.69, 9.17) is 5.73 Å². The van der Waals surface area contributed by atoms with Crippen LogP contribution in [0.4, 0.5) is 10.1 Å². The predicted molar refractivity (Wildman–Crippen MR) is 99.5 cm³/mol. The Balaban J connectivity index is 2.27. The maximum Gasteiger partial charge on any atom is 0.341 e. The molecule has 26 heavy (non-hydrogen) atoms. The Hall–Kier alpha value is -2.41. The highest BCUT2D eigenvalue weighted by Gasteiger charge is 2.28. The standard InChI is InChI=1S/C19H24FN3O3/c1-4-22-9-13(19(25)26)18(24)12-7-14(20)17(11(3)16(12)22)23-6-5-15(21)10(2)8-23/h7,9-10,15H,4-6,8,21H2,1-3H3,(H,25,26)/t10-,15+/m0/s1. The summed E-state index contributed by atoms with van der Waals surface area (Å²) in [4.78, 5) is 25.9. The molecule has 0 aliphatic carbocycles. The minimum absolute atomic E-state index is 0.0991. The molecule has 1 aromatic heterocycles. The zero-order valence-electron chi connectivity index (χ0n) is 15.3. The summed E-state index contributed by atoms with van der Waals surface area (Å²) in [6.07, 6.45) is 2.12. The van der Waals surface area contributed by atoms with E-state index in [1.807, 2.05) is 18.7 Å². The van der Waals surface area contributed by atoms with Gasteiger partial charge in [0.15, 0.2) is 0 Å². The van der Waals surface area contributed by atoms with Gasteiger partial charge in [0, 0.05) is 37.3 Å². The van der Waals surface area contributed by atoms with Crippen LogP contribution in [0.2, 0.25) is 0 Å². The van der Waals surface area contributed by atoms with Crippen molar-refractivity contribution in [2.75, 3.05) is 18.0 Å². The van der Waals surface area contributed by atoms with Crippen LogP contribution >= 0.6 is 0 Å². The number of fused-ring (bicyclic) bond motifs is 1. The number of nitrogens with two attached hydrogens (primary N) is 1. The van der Waals surface area contributed by atoms with E-state index < -0.39 is 17.2 Å². The van der Waals surface area contributed by atoms with Crippen molar-refractivity contribution in [2.24, 2.45) is 11.7 Å². The van der Waals surface area contributed by atoms with Crippen molar-refractivity contribution in [1.82, 2.24) is 4.57 Å². The van der Waals surface area contributed by atoms with Gasteiger partial charge < -0.3 is 20.3 Å². The highest BCUT2D eigenvalue weighted by atomic mass is 19.1. The Morgan fingerprint density at radius 3 is 2.73 bits per heavy atom. The lowest BCUT2D eigenvalue weighted by Gasteiger charge is -2.37. The molecule has 140 valence electrons. The molecule has 2 atom stereocenters. The number of benzene rings is 1. The highest BCUT2D eigenvalue weighted by molar-refractivity contribution is 5.95. The van der Waals surface area contributed by atoms with E-state index in [1.165, 1.54) is 12.3 Å². The zero-order valence-corrected chi connectivity index (χ0v) is 15.3. The summed E-state index contributed by atoms with van der Waals surface area (Å²) in [7, 11) is 0. The van der Waals surface area contributed by atoms with Gasteiger partial charge >= 0.3 is 5.97 Å². The lowest BCUT2D eigenvalue weighted by atomic mass is 9.93. The fraction of sp³-hybridized carbons (Fsp3) is 0.474. The number of piperidine rings is 1. The maximum absolute atomic E-state index is 15.0. The first-order valence-electron chi connectivity index (χ1n) is 8.86. The van der Waals surface area contributed by atoms with Crippen molar-refractivity contribution in [1.29, 1.82) is 0 Å². The van der Waals surface area contributed by atoms with Gasteiger partial charge in [0.25, 0.3) is 0 Å². The molecule has 1 saturated heterocycles. The molecule has 3 rings (SSSR count). The summed E-state index contributed by atoms with van der Waals surface area (Å²) in [6.45, 7) is 7.47. The Morgan fingerprint density at radius 2 is 2.15 bits per heavy atom. The third-order valence-electron chi connectivity index (χ3n) is 5.38. The van der Waals surface area contributed by atoms with E-state index in [0.717, 1.165) is 6.42 Å². The summed E-state index contributed by atoms with van der Waals surface area (Å²) in [5, 5.41) is 9.37. The number of pyridine rings is 1. The van der Waals surface area contributed by atoms with E-state index >= 15 is 0 Å². The van der Waals surface area contributed by atoms with Crippen molar-refractivity contribution >= 4 is 22.6 Å². The largest absolute Gasteiger partial charge is 0.477 e. The monoisotopic (exact) mass is 361 g/mol. The molecule has 0 saturated carbocycles. The second-order valence-electron chi connectivity index (χ2n) is 7.07. The second-order valence-corrected chi connectivity index (χ2v) is 7.07. The van der Waals surface area contributed by atoms with Crippen LogP contribution in [0.25, 0.3) is 10.9 Å². The SMILES string of the molecule is CCn1cc(C(=O)O)c(=O)c2cc(F)c(N3CC[C@@H](N)[C@@H](C)C3)c(C)c21. The molecular weight excluding hydrogens is 337 g/mol. The van der Waals surface area contributed by atoms with Gasteiger partial charge in [0.05, 0.1) is 11.2 Å². The van der Waals surface area contributed by atoms with E-state index in [1.54, 1.807) is 11.5 Å². The average Bonchev–Trinajstić information content (AvgIpc) is 2.58. The Morgan fingerprint density at radius 1 is 1.46 bits per heavy atom. The van der Waals surface area contributed by atoms with E-state index in [2.05, 4.69) is 0 Å². The highest BCUT2D eigenvalue weighted by Crippen LogP contribution is 2.33. The number of halogens is 1. The molecule has 1 aliphatic rings. The van der Waals surface area contributed by atoms with Crippen molar-refractivity contribution < 1.29 is 14.3 Å². The van der Waals surface area contributed by atoms with E-state index in [9.17, 15) is 19.1 Å². The van der Waals surface area contributed by atoms with Gasteiger partial charge in [-0.25, -0.2) is 9.18 Å². The summed E-state index contributed by atoms with van der Waals surface area (Å²) in [5.74, 6) is -1.57. The molecule has 0 amide bonds. The molecule has 0 unspecified atom stereocenters. The minimum atomic E-state index is -1.31. The number of rotatable bonds is 3. The lowest BCUT2D eigenvalue weighted by Crippen LogP contribution is -2.46. The maximum atomic E-state index is 15.0. The number of nitrogens with zero attached hydrogens (tertiary/aromatic N) is 2. The second kappa shape index (κ2) is 6.72. The molecular formula is C19H24FN3O3. The molecule has 1 fully saturated rings. The quantitative estimate of drug-likeness (QED) is 0.876. The number of aryl methyl sites for hydroxylation is 2. The zero-order chi connectivity index (χ0) is 19.2. The fourth-order valence-electron chi connectivity index (χ4n) is 3.88. The first kappa shape index (κ1) is 18.4. The van der Waals surface area contributed by atoms with Crippen molar-refractivity contribution in [2.45, 2.75) is 39.8 Å². The molecule has 7 heteroatoms. The van der Waals surface area contributed by atoms with Gasteiger partial charge in [-0.2, -0.15) is 0 Å². The van der Waals surface area contributed by atoms with Crippen LogP contribution in [0.1, 0.15) is 36.2 Å². The minimum Gasteiger partial charge on any atom is -0.477 e. The van der Waals surface area contributed by atoms with Gasteiger partial charge in [-0.05, 0) is 37.8 Å². The molecule has 0 spiro atoms. The van der Waals surface area contributed by atoms with Gasteiger partial charge in [-0.15, -0.1) is 0 Å². The van der Waals surface area contributed by atoms with E-state index in [0.29, 0.717) is 36.4 Å². The van der Waals surface area contributed by atoms with Crippen LogP contribution in [-0.2, 0) is 6.54 Å². The Labute approximate surface area is 151 Å². The predicted octanol–water partition coefficient (Wildman–Crippen LogP) is 2.34. The number of hydrogen-bond donors (Lipinski definition) is 2. The van der Waals surface area contributed by atoms with Crippen molar-refractivity contribution in [3.05, 3.63) is 39.4 Å². The number of aromatic carboxylic acids is 1. The van der Waals surface area contributed by atoms with Crippen LogP contribution in [0.15, 0.2) is 17.1 Å². The topological polar surface area (TPSA) is 88.6 Å². The van der Waals surface area contributed by atoms with Crippen LogP contribution in [0, 0.1) is 18.7 Å². The number of hydrogen-bond acceptors (Lipinski definition) is 4. The number of carboxylic acids is 1. The van der Waals surface area contributed by atoms with Gasteiger partial charge in [-0.1, -0.05) is 6.92 Å². The average molecular weight is 361 g/mol. The Bertz CT molecular complexity index is 938. The smallest absolute Gasteiger partial charge is 0.341 e. The number of carboxylic acid groups (broad SMARTS) is 1. The molecule has 3 N–H and O–H groups in total. The molecule has 0 bridgehead atoms. The number of anilines is 1. The first-order chi connectivity index (χ1) is 12.3. The van der Waals surface area contributed by atoms with Crippen LogP contribution < -0.4 is 16.1 Å². The molecule has 0 radical (unpaired) electrons. The summed E-state index contributed by atoms with van der Waals surface area (Å²) in [5.41, 5.74) is 6.79. The summed E-state index contributed by atoms with van der Waals surface area (Å²) >= 11 is 0. The lowest BCUT2D eigenvalue weighted by molar-refractivity contribution is 0.0695. The molecule has 2 heterocycles. The third-order valence-corrected chi connectivity index (χ3v) is 5.38. The van der Waals surface area contributed by atoms with Crippen molar-refractivity contribution in [3.8, 4) is 0 Å². The fourth-order valence-corrected chi connectivity index (χ4v) is 3.88. The Kier molecular flexibility index (Phi) is 4.75. The number of carbonyl (C=O) groups is 1.